The van der Waals surface area contributed by atoms with Crippen LogP contribution in [0.15, 0.2) is 64.6 Å². The molecule has 0 bridgehead atoms. The lowest BCUT2D eigenvalue weighted by Crippen LogP contribution is -2.31. The largest absolute Gasteiger partial charge is 0.324 e. The molecular formula is C18H15N7O. The zero-order valence-corrected chi connectivity index (χ0v) is 14.0. The van der Waals surface area contributed by atoms with Gasteiger partial charge in [-0.05, 0) is 11.3 Å². The smallest absolute Gasteiger partial charge is 0.248 e. The van der Waals surface area contributed by atoms with Gasteiger partial charge >= 0.3 is 0 Å². The summed E-state index contributed by atoms with van der Waals surface area (Å²) < 4.78 is 0. The second kappa shape index (κ2) is 5.48. The van der Waals surface area contributed by atoms with E-state index in [0.717, 1.165) is 46.9 Å². The Balaban J connectivity index is 1.52. The molecule has 3 aliphatic rings. The SMILES string of the molecule is Cn1nnc(-c2ccc(C3=NC=C4C=CC(=O)NC5=C4N3CC5)cc2)n1. The van der Waals surface area contributed by atoms with E-state index in [2.05, 4.69) is 30.6 Å². The number of hydrogen-bond acceptors (Lipinski definition) is 6. The summed E-state index contributed by atoms with van der Waals surface area (Å²) in [6.07, 6.45) is 5.98. The van der Waals surface area contributed by atoms with Gasteiger partial charge in [-0.15, -0.1) is 10.2 Å². The zero-order chi connectivity index (χ0) is 17.7. The van der Waals surface area contributed by atoms with Crippen molar-refractivity contribution in [1.29, 1.82) is 0 Å². The van der Waals surface area contributed by atoms with E-state index in [1.165, 1.54) is 4.80 Å². The lowest BCUT2D eigenvalue weighted by molar-refractivity contribution is -0.115. The van der Waals surface area contributed by atoms with Gasteiger partial charge in [0.25, 0.3) is 0 Å². The maximum atomic E-state index is 11.8. The van der Waals surface area contributed by atoms with Crippen LogP contribution in [0.3, 0.4) is 0 Å². The highest BCUT2D eigenvalue weighted by atomic mass is 16.1. The molecule has 1 N–H and O–H groups in total. The topological polar surface area (TPSA) is 88.3 Å². The number of aryl methyl sites for hydroxylation is 1. The van der Waals surface area contributed by atoms with Crippen LogP contribution in [0.25, 0.3) is 11.4 Å². The van der Waals surface area contributed by atoms with Crippen molar-refractivity contribution in [2.75, 3.05) is 6.54 Å². The Labute approximate surface area is 149 Å². The molecule has 2 aromatic rings. The first kappa shape index (κ1) is 14.8. The quantitative estimate of drug-likeness (QED) is 0.881. The van der Waals surface area contributed by atoms with E-state index in [9.17, 15) is 4.79 Å². The molecule has 0 saturated heterocycles. The van der Waals surface area contributed by atoms with Crippen molar-refractivity contribution in [3.05, 3.63) is 65.1 Å². The Morgan fingerprint density at radius 3 is 2.69 bits per heavy atom. The van der Waals surface area contributed by atoms with Crippen molar-refractivity contribution in [3.8, 4) is 11.4 Å². The fourth-order valence-electron chi connectivity index (χ4n) is 3.42. The number of benzene rings is 1. The Morgan fingerprint density at radius 1 is 1.12 bits per heavy atom. The van der Waals surface area contributed by atoms with Crippen molar-refractivity contribution in [3.63, 3.8) is 0 Å². The molecule has 0 radical (unpaired) electrons. The highest BCUT2D eigenvalue weighted by Crippen LogP contribution is 2.34. The lowest BCUT2D eigenvalue weighted by atomic mass is 10.1. The number of nitrogens with one attached hydrogen (secondary N) is 1. The zero-order valence-electron chi connectivity index (χ0n) is 14.0. The van der Waals surface area contributed by atoms with Gasteiger partial charge in [0.2, 0.25) is 11.7 Å². The van der Waals surface area contributed by atoms with Gasteiger partial charge in [0.15, 0.2) is 0 Å². The molecule has 3 aliphatic heterocycles. The van der Waals surface area contributed by atoms with Crippen LogP contribution >= 0.6 is 0 Å². The van der Waals surface area contributed by atoms with E-state index in [0.29, 0.717) is 5.82 Å². The molecule has 0 spiro atoms. The van der Waals surface area contributed by atoms with E-state index in [1.54, 1.807) is 13.1 Å². The minimum Gasteiger partial charge on any atom is -0.324 e. The molecule has 0 aliphatic carbocycles. The second-order valence-electron chi connectivity index (χ2n) is 6.27. The first-order valence-corrected chi connectivity index (χ1v) is 8.32. The molecule has 0 saturated carbocycles. The van der Waals surface area contributed by atoms with Crippen LogP contribution in [-0.4, -0.2) is 43.4 Å². The Morgan fingerprint density at radius 2 is 1.92 bits per heavy atom. The fourth-order valence-corrected chi connectivity index (χ4v) is 3.42. The summed E-state index contributed by atoms with van der Waals surface area (Å²) in [5.41, 5.74) is 4.86. The Hall–Kier alpha value is -3.55. The molecule has 1 amide bonds. The van der Waals surface area contributed by atoms with Gasteiger partial charge in [-0.25, -0.2) is 4.99 Å². The van der Waals surface area contributed by atoms with Gasteiger partial charge < -0.3 is 10.2 Å². The third kappa shape index (κ3) is 2.26. The molecule has 0 unspecified atom stereocenters. The second-order valence-corrected chi connectivity index (χ2v) is 6.27. The van der Waals surface area contributed by atoms with Crippen LogP contribution in [0.1, 0.15) is 12.0 Å². The van der Waals surface area contributed by atoms with Crippen LogP contribution in [-0.2, 0) is 11.8 Å². The predicted octanol–water partition coefficient (Wildman–Crippen LogP) is 1.12. The first-order chi connectivity index (χ1) is 12.7. The highest BCUT2D eigenvalue weighted by molar-refractivity contribution is 6.03. The maximum absolute atomic E-state index is 11.8. The van der Waals surface area contributed by atoms with Crippen molar-refractivity contribution in [1.82, 2.24) is 30.4 Å². The number of amidine groups is 1. The molecule has 0 atom stereocenters. The molecule has 1 aromatic heterocycles. The molecule has 8 heteroatoms. The molecule has 5 rings (SSSR count). The first-order valence-electron chi connectivity index (χ1n) is 8.32. The number of nitrogens with zero attached hydrogens (tertiary/aromatic N) is 6. The summed E-state index contributed by atoms with van der Waals surface area (Å²) in [7, 11) is 1.74. The summed E-state index contributed by atoms with van der Waals surface area (Å²) in [4.78, 5) is 20.1. The number of aromatic nitrogens is 4. The van der Waals surface area contributed by atoms with Gasteiger partial charge in [0, 0.05) is 47.6 Å². The Kier molecular flexibility index (Phi) is 3.11. The summed E-state index contributed by atoms with van der Waals surface area (Å²) in [5.74, 6) is 1.38. The van der Waals surface area contributed by atoms with E-state index in [1.807, 2.05) is 36.5 Å². The van der Waals surface area contributed by atoms with Crippen molar-refractivity contribution in [2.45, 2.75) is 6.42 Å². The van der Waals surface area contributed by atoms with Crippen LogP contribution in [0.4, 0.5) is 0 Å². The lowest BCUT2D eigenvalue weighted by Gasteiger charge is -2.27. The molecule has 26 heavy (non-hydrogen) atoms. The highest BCUT2D eigenvalue weighted by Gasteiger charge is 2.32. The van der Waals surface area contributed by atoms with Gasteiger partial charge in [0.1, 0.15) is 5.84 Å². The van der Waals surface area contributed by atoms with Crippen LogP contribution in [0.2, 0.25) is 0 Å². The van der Waals surface area contributed by atoms with E-state index < -0.39 is 0 Å². The summed E-state index contributed by atoms with van der Waals surface area (Å²) in [5, 5.41) is 15.1. The number of allylic oxidation sites excluding steroid dienone is 1. The molecule has 128 valence electrons. The number of hydrogen-bond donors (Lipinski definition) is 1. The standard InChI is InChI=1S/C18H15N7O/c1-24-22-17(21-23-24)11-2-4-12(5-3-11)18-19-10-13-6-7-15(26)20-14-8-9-25(18)16(13)14/h2-7,10H,8-9H2,1H3,(H,20,26). The minimum absolute atomic E-state index is 0.0907. The fraction of sp³-hybridized carbons (Fsp3) is 0.167. The van der Waals surface area contributed by atoms with Crippen LogP contribution in [0, 0.1) is 0 Å². The van der Waals surface area contributed by atoms with Gasteiger partial charge in [-0.1, -0.05) is 24.3 Å². The average Bonchev–Trinajstić information content (AvgIpc) is 3.23. The summed E-state index contributed by atoms with van der Waals surface area (Å²) >= 11 is 0. The predicted molar refractivity (Wildman–Crippen MR) is 94.5 cm³/mol. The minimum atomic E-state index is -0.0907. The van der Waals surface area contributed by atoms with E-state index in [4.69, 9.17) is 0 Å². The third-order valence-corrected chi connectivity index (χ3v) is 4.59. The maximum Gasteiger partial charge on any atom is 0.248 e. The normalized spacial score (nSPS) is 18.3. The molecular weight excluding hydrogens is 330 g/mol. The van der Waals surface area contributed by atoms with Crippen LogP contribution < -0.4 is 5.32 Å². The van der Waals surface area contributed by atoms with Crippen molar-refractivity contribution >= 4 is 11.7 Å². The van der Waals surface area contributed by atoms with Crippen molar-refractivity contribution < 1.29 is 4.79 Å². The number of carbonyl (C=O) groups excluding carboxylic acids is 1. The van der Waals surface area contributed by atoms with E-state index in [-0.39, 0.29) is 5.91 Å². The number of tetrazole rings is 1. The third-order valence-electron chi connectivity index (χ3n) is 4.59. The van der Waals surface area contributed by atoms with E-state index >= 15 is 0 Å². The summed E-state index contributed by atoms with van der Waals surface area (Å²) in [6, 6.07) is 7.95. The van der Waals surface area contributed by atoms with Gasteiger partial charge in [0.05, 0.1) is 12.7 Å². The average molecular weight is 345 g/mol. The van der Waals surface area contributed by atoms with Crippen molar-refractivity contribution in [2.24, 2.45) is 12.0 Å². The number of carbonyl (C=O) groups is 1. The number of rotatable bonds is 2. The van der Waals surface area contributed by atoms with Crippen LogP contribution in [0.5, 0.6) is 0 Å². The Bertz CT molecular complexity index is 1040. The molecule has 8 nitrogen and oxygen atoms in total. The molecule has 4 heterocycles. The molecule has 0 fully saturated rings. The molecule has 1 aromatic carbocycles. The number of amides is 1. The monoisotopic (exact) mass is 345 g/mol. The van der Waals surface area contributed by atoms with Gasteiger partial charge in [-0.3, -0.25) is 4.79 Å². The van der Waals surface area contributed by atoms with Gasteiger partial charge in [-0.2, -0.15) is 4.80 Å². The summed E-state index contributed by atoms with van der Waals surface area (Å²) in [6.45, 7) is 0.794. The number of aliphatic imine (C=N–C) groups is 1.